The highest BCUT2D eigenvalue weighted by Gasteiger charge is 2.43. The van der Waals surface area contributed by atoms with Gasteiger partial charge in [-0.1, -0.05) is 6.07 Å². The molecule has 4 aromatic rings. The van der Waals surface area contributed by atoms with Gasteiger partial charge in [-0.2, -0.15) is 0 Å². The van der Waals surface area contributed by atoms with Crippen LogP contribution in [0.2, 0.25) is 0 Å². The van der Waals surface area contributed by atoms with E-state index < -0.39 is 0 Å². The molecule has 1 N–H and O–H groups in total. The Hall–Kier alpha value is -3.91. The fraction of sp³-hybridized carbons (Fsp3) is 0.192. The number of aryl methyl sites for hydroxylation is 1. The average molecular weight is 472 g/mol. The molecular weight excluding hydrogens is 446 g/mol. The molecule has 4 heterocycles. The molecular formula is C26H25N5O2S. The summed E-state index contributed by atoms with van der Waals surface area (Å²) in [6.45, 7) is 2.09. The predicted octanol–water partition coefficient (Wildman–Crippen LogP) is 4.77. The van der Waals surface area contributed by atoms with E-state index in [0.717, 1.165) is 34.2 Å². The molecule has 1 aromatic carbocycles. The van der Waals surface area contributed by atoms with Crippen molar-refractivity contribution in [1.82, 2.24) is 19.9 Å². The van der Waals surface area contributed by atoms with Crippen LogP contribution in [0.25, 0.3) is 5.69 Å². The van der Waals surface area contributed by atoms with Gasteiger partial charge < -0.3 is 24.3 Å². The van der Waals surface area contributed by atoms with E-state index in [1.165, 1.54) is 0 Å². The molecule has 0 amide bonds. The normalized spacial score (nSPS) is 17.5. The lowest BCUT2D eigenvalue weighted by Gasteiger charge is -2.30. The molecule has 1 aliphatic heterocycles. The van der Waals surface area contributed by atoms with Crippen LogP contribution in [-0.4, -0.2) is 33.9 Å². The van der Waals surface area contributed by atoms with Crippen LogP contribution in [0.4, 0.5) is 5.69 Å². The van der Waals surface area contributed by atoms with Gasteiger partial charge in [0, 0.05) is 29.8 Å². The third-order valence-corrected chi connectivity index (χ3v) is 6.37. The van der Waals surface area contributed by atoms with Crippen molar-refractivity contribution in [3.05, 3.63) is 96.3 Å². The molecule has 1 saturated heterocycles. The first kappa shape index (κ1) is 21.9. The molecule has 0 unspecified atom stereocenters. The van der Waals surface area contributed by atoms with Gasteiger partial charge in [0.1, 0.15) is 17.5 Å². The molecule has 172 valence electrons. The molecule has 0 aliphatic carbocycles. The Kier molecular flexibility index (Phi) is 5.90. The number of thiocarbonyl (C=S) groups is 1. The van der Waals surface area contributed by atoms with E-state index in [1.807, 2.05) is 48.7 Å². The smallest absolute Gasteiger partial charge is 0.174 e. The zero-order valence-electron chi connectivity index (χ0n) is 19.2. The van der Waals surface area contributed by atoms with Crippen molar-refractivity contribution in [3.63, 3.8) is 0 Å². The highest BCUT2D eigenvalue weighted by atomic mass is 32.1. The number of methoxy groups -OCH3 is 2. The Bertz CT molecular complexity index is 1310. The van der Waals surface area contributed by atoms with Gasteiger partial charge in [0.15, 0.2) is 5.11 Å². The second-order valence-corrected chi connectivity index (χ2v) is 8.37. The van der Waals surface area contributed by atoms with E-state index in [0.29, 0.717) is 10.9 Å². The molecule has 5 rings (SSSR count). The molecule has 7 nitrogen and oxygen atoms in total. The van der Waals surface area contributed by atoms with Gasteiger partial charge in [0.25, 0.3) is 0 Å². The zero-order valence-corrected chi connectivity index (χ0v) is 20.0. The summed E-state index contributed by atoms with van der Waals surface area (Å²) in [4.78, 5) is 11.1. The number of rotatable bonds is 6. The topological polar surface area (TPSA) is 64.4 Å². The summed E-state index contributed by atoms with van der Waals surface area (Å²) >= 11 is 5.90. The molecule has 34 heavy (non-hydrogen) atoms. The lowest BCUT2D eigenvalue weighted by Crippen LogP contribution is -2.30. The average Bonchev–Trinajstić information content (AvgIpc) is 3.43. The highest BCUT2D eigenvalue weighted by Crippen LogP contribution is 2.46. The molecule has 3 aromatic heterocycles. The monoisotopic (exact) mass is 471 g/mol. The number of anilines is 1. The van der Waals surface area contributed by atoms with Crippen molar-refractivity contribution >= 4 is 23.0 Å². The minimum Gasteiger partial charge on any atom is -0.497 e. The van der Waals surface area contributed by atoms with Crippen LogP contribution in [0, 0.1) is 6.92 Å². The third kappa shape index (κ3) is 3.76. The standard InChI is InChI=1S/C26H25N5O2S/c1-17-9-11-21(30(17)18-7-6-13-27-16-18)25-24(20-8-4-5-14-28-20)29-26(34)31(25)22-15-19(32-2)10-12-23(22)33-3/h4-16,24-25H,1-3H3,(H,29,34)/t24-,25+/m1/s1. The minimum atomic E-state index is -0.211. The van der Waals surface area contributed by atoms with Gasteiger partial charge >= 0.3 is 0 Å². The van der Waals surface area contributed by atoms with Crippen molar-refractivity contribution in [3.8, 4) is 17.2 Å². The second kappa shape index (κ2) is 9.15. The molecule has 2 atom stereocenters. The minimum absolute atomic E-state index is 0.186. The Morgan fingerprint density at radius 3 is 2.56 bits per heavy atom. The largest absolute Gasteiger partial charge is 0.497 e. The van der Waals surface area contributed by atoms with E-state index in [9.17, 15) is 0 Å². The van der Waals surface area contributed by atoms with Crippen molar-refractivity contribution < 1.29 is 9.47 Å². The summed E-state index contributed by atoms with van der Waals surface area (Å²) in [6, 6.07) is 19.5. The summed E-state index contributed by atoms with van der Waals surface area (Å²) in [7, 11) is 3.31. The van der Waals surface area contributed by atoms with Gasteiger partial charge in [-0.3, -0.25) is 9.97 Å². The van der Waals surface area contributed by atoms with Crippen molar-refractivity contribution in [2.24, 2.45) is 0 Å². The first-order valence-corrected chi connectivity index (χ1v) is 11.3. The number of nitrogens with zero attached hydrogens (tertiary/aromatic N) is 4. The summed E-state index contributed by atoms with van der Waals surface area (Å²) in [5, 5.41) is 4.10. The number of pyridine rings is 2. The fourth-order valence-corrected chi connectivity index (χ4v) is 4.87. The van der Waals surface area contributed by atoms with Gasteiger partial charge in [0.05, 0.1) is 43.5 Å². The van der Waals surface area contributed by atoms with Gasteiger partial charge in [0.2, 0.25) is 0 Å². The number of hydrogen-bond donors (Lipinski definition) is 1. The summed E-state index contributed by atoms with van der Waals surface area (Å²) in [5.74, 6) is 1.42. The van der Waals surface area contributed by atoms with Crippen LogP contribution in [0.5, 0.6) is 11.5 Å². The molecule has 1 fully saturated rings. The Balaban J connectivity index is 1.73. The summed E-state index contributed by atoms with van der Waals surface area (Å²) < 4.78 is 13.5. The highest BCUT2D eigenvalue weighted by molar-refractivity contribution is 7.80. The van der Waals surface area contributed by atoms with Crippen LogP contribution < -0.4 is 19.7 Å². The first-order valence-electron chi connectivity index (χ1n) is 10.9. The number of ether oxygens (including phenoxy) is 2. The molecule has 0 bridgehead atoms. The van der Waals surface area contributed by atoms with E-state index >= 15 is 0 Å². The molecule has 0 saturated carbocycles. The molecule has 8 heteroatoms. The quantitative estimate of drug-likeness (QED) is 0.407. The van der Waals surface area contributed by atoms with Crippen molar-refractivity contribution in [2.75, 3.05) is 19.1 Å². The Morgan fingerprint density at radius 1 is 0.971 bits per heavy atom. The van der Waals surface area contributed by atoms with Gasteiger partial charge in [-0.05, 0) is 67.7 Å². The molecule has 1 aliphatic rings. The number of benzene rings is 1. The third-order valence-electron chi connectivity index (χ3n) is 6.06. The van der Waals surface area contributed by atoms with E-state index in [2.05, 4.69) is 49.9 Å². The van der Waals surface area contributed by atoms with Crippen LogP contribution in [0.1, 0.15) is 29.2 Å². The van der Waals surface area contributed by atoms with Crippen LogP contribution in [0.15, 0.2) is 79.3 Å². The zero-order chi connectivity index (χ0) is 23.7. The maximum atomic E-state index is 5.90. The lowest BCUT2D eigenvalue weighted by atomic mass is 10.0. The van der Waals surface area contributed by atoms with Crippen molar-refractivity contribution in [1.29, 1.82) is 0 Å². The summed E-state index contributed by atoms with van der Waals surface area (Å²) in [6.07, 6.45) is 5.44. The number of aromatic nitrogens is 3. The Morgan fingerprint density at radius 2 is 1.85 bits per heavy atom. The van der Waals surface area contributed by atoms with Crippen LogP contribution in [0.3, 0.4) is 0 Å². The fourth-order valence-electron chi connectivity index (χ4n) is 4.53. The van der Waals surface area contributed by atoms with Crippen LogP contribution in [-0.2, 0) is 0 Å². The summed E-state index contributed by atoms with van der Waals surface area (Å²) in [5.41, 5.74) is 4.85. The van der Waals surface area contributed by atoms with Gasteiger partial charge in [-0.25, -0.2) is 0 Å². The molecule has 0 spiro atoms. The maximum Gasteiger partial charge on any atom is 0.174 e. The van der Waals surface area contributed by atoms with Crippen molar-refractivity contribution in [2.45, 2.75) is 19.0 Å². The second-order valence-electron chi connectivity index (χ2n) is 7.98. The van der Waals surface area contributed by atoms with E-state index in [-0.39, 0.29) is 12.1 Å². The number of hydrogen-bond acceptors (Lipinski definition) is 5. The van der Waals surface area contributed by atoms with Gasteiger partial charge in [-0.15, -0.1) is 0 Å². The van der Waals surface area contributed by atoms with E-state index in [1.54, 1.807) is 26.6 Å². The van der Waals surface area contributed by atoms with Crippen LogP contribution >= 0.6 is 12.2 Å². The van der Waals surface area contributed by atoms with E-state index in [4.69, 9.17) is 21.7 Å². The first-order chi connectivity index (χ1) is 16.6. The Labute approximate surface area is 204 Å². The molecule has 0 radical (unpaired) electrons. The SMILES string of the molecule is COc1ccc(OC)c(N2C(=S)N[C@H](c3ccccn3)[C@@H]2c2ccc(C)n2-c2cccnc2)c1. The maximum absolute atomic E-state index is 5.90. The predicted molar refractivity (Wildman–Crippen MR) is 136 cm³/mol. The number of nitrogens with one attached hydrogen (secondary N) is 1. The lowest BCUT2D eigenvalue weighted by molar-refractivity contribution is 0.402.